The van der Waals surface area contributed by atoms with E-state index in [4.69, 9.17) is 5.73 Å². The Balaban J connectivity index is 1.78. The minimum Gasteiger partial charge on any atom is -0.368 e. The average molecular weight is 258 g/mol. The number of hydrogen-bond acceptors (Lipinski definition) is 2. The fourth-order valence-electron chi connectivity index (χ4n) is 3.08. The van der Waals surface area contributed by atoms with Crippen LogP contribution in [0.25, 0.3) is 0 Å². The number of nitrogens with two attached hydrogens (primary N) is 1. The highest BCUT2D eigenvalue weighted by atomic mass is 16.1. The summed E-state index contributed by atoms with van der Waals surface area (Å²) in [4.78, 5) is 11.7. The molecule has 3 heteroatoms. The molecular formula is C16H22N2O. The van der Waals surface area contributed by atoms with Gasteiger partial charge in [-0.2, -0.15) is 0 Å². The summed E-state index contributed by atoms with van der Waals surface area (Å²) in [6, 6.07) is 8.51. The van der Waals surface area contributed by atoms with Gasteiger partial charge in [0.1, 0.15) is 6.04 Å². The lowest BCUT2D eigenvalue weighted by molar-refractivity contribution is -0.120. The van der Waals surface area contributed by atoms with Gasteiger partial charge < -0.3 is 5.73 Å². The number of benzene rings is 1. The second-order valence-electron chi connectivity index (χ2n) is 5.93. The first-order valence-corrected chi connectivity index (χ1v) is 7.39. The maximum absolute atomic E-state index is 11.7. The molecule has 19 heavy (non-hydrogen) atoms. The standard InChI is InChI=1S/C16H22N2O/c17-16(19)15(18-14-6-1-2-7-14)13-5-3-4-12(10-13)11-8-9-11/h3-5,10-11,14-15,18H,1-2,6-9H2,(H2,17,19). The van der Waals surface area contributed by atoms with E-state index in [-0.39, 0.29) is 11.9 Å². The monoisotopic (exact) mass is 258 g/mol. The van der Waals surface area contributed by atoms with E-state index in [1.807, 2.05) is 6.07 Å². The number of nitrogens with one attached hydrogen (secondary N) is 1. The molecule has 0 aliphatic heterocycles. The molecule has 1 unspecified atom stereocenters. The van der Waals surface area contributed by atoms with Crippen molar-refractivity contribution >= 4 is 5.91 Å². The van der Waals surface area contributed by atoms with Crippen LogP contribution in [0, 0.1) is 0 Å². The zero-order chi connectivity index (χ0) is 13.2. The third-order valence-electron chi connectivity index (χ3n) is 4.33. The number of hydrogen-bond donors (Lipinski definition) is 2. The summed E-state index contributed by atoms with van der Waals surface area (Å²) in [6.45, 7) is 0. The number of amides is 1. The van der Waals surface area contributed by atoms with Crippen LogP contribution >= 0.6 is 0 Å². The Morgan fingerprint density at radius 1 is 1.21 bits per heavy atom. The van der Waals surface area contributed by atoms with Gasteiger partial charge in [-0.1, -0.05) is 37.1 Å². The molecule has 0 spiro atoms. The number of carbonyl (C=O) groups is 1. The lowest BCUT2D eigenvalue weighted by atomic mass is 10.0. The zero-order valence-electron chi connectivity index (χ0n) is 11.3. The van der Waals surface area contributed by atoms with Crippen LogP contribution in [-0.2, 0) is 4.79 Å². The average Bonchev–Trinajstić information content (AvgIpc) is 3.14. The van der Waals surface area contributed by atoms with Crippen molar-refractivity contribution in [1.82, 2.24) is 5.32 Å². The molecular weight excluding hydrogens is 236 g/mol. The topological polar surface area (TPSA) is 55.1 Å². The molecule has 2 aliphatic carbocycles. The predicted molar refractivity (Wildman–Crippen MR) is 75.7 cm³/mol. The van der Waals surface area contributed by atoms with E-state index in [1.54, 1.807) is 0 Å². The summed E-state index contributed by atoms with van der Waals surface area (Å²) in [5, 5.41) is 3.44. The second-order valence-corrected chi connectivity index (χ2v) is 5.93. The molecule has 2 fully saturated rings. The van der Waals surface area contributed by atoms with Gasteiger partial charge in [0.2, 0.25) is 5.91 Å². The molecule has 1 aromatic rings. The van der Waals surface area contributed by atoms with Crippen molar-refractivity contribution in [3.8, 4) is 0 Å². The maximum Gasteiger partial charge on any atom is 0.239 e. The largest absolute Gasteiger partial charge is 0.368 e. The highest BCUT2D eigenvalue weighted by molar-refractivity contribution is 5.81. The van der Waals surface area contributed by atoms with Crippen molar-refractivity contribution in [3.05, 3.63) is 35.4 Å². The SMILES string of the molecule is NC(=O)C(NC1CCCC1)c1cccc(C2CC2)c1. The summed E-state index contributed by atoms with van der Waals surface area (Å²) in [6.07, 6.45) is 7.39. The quantitative estimate of drug-likeness (QED) is 0.853. The molecule has 3 N–H and O–H groups in total. The van der Waals surface area contributed by atoms with Crippen molar-refractivity contribution in [2.24, 2.45) is 5.73 Å². The summed E-state index contributed by atoms with van der Waals surface area (Å²) in [7, 11) is 0. The molecule has 0 saturated heterocycles. The predicted octanol–water partition coefficient (Wildman–Crippen LogP) is 2.62. The highest BCUT2D eigenvalue weighted by Gasteiger charge is 2.27. The van der Waals surface area contributed by atoms with Crippen LogP contribution < -0.4 is 11.1 Å². The molecule has 0 aromatic heterocycles. The van der Waals surface area contributed by atoms with Crippen molar-refractivity contribution in [2.45, 2.75) is 56.5 Å². The van der Waals surface area contributed by atoms with Gasteiger partial charge in [0.05, 0.1) is 0 Å². The Bertz CT molecular complexity index is 462. The first-order valence-electron chi connectivity index (χ1n) is 7.39. The van der Waals surface area contributed by atoms with Gasteiger partial charge in [-0.3, -0.25) is 10.1 Å². The molecule has 1 amide bonds. The first-order chi connectivity index (χ1) is 9.24. The Hall–Kier alpha value is -1.35. The Kier molecular flexibility index (Phi) is 3.56. The second kappa shape index (κ2) is 5.33. The molecule has 102 valence electrons. The van der Waals surface area contributed by atoms with Gasteiger partial charge in [-0.05, 0) is 42.7 Å². The highest BCUT2D eigenvalue weighted by Crippen LogP contribution is 2.40. The van der Waals surface area contributed by atoms with Crippen molar-refractivity contribution in [2.75, 3.05) is 0 Å². The fourth-order valence-corrected chi connectivity index (χ4v) is 3.08. The van der Waals surface area contributed by atoms with Crippen LogP contribution in [0.4, 0.5) is 0 Å². The summed E-state index contributed by atoms with van der Waals surface area (Å²) < 4.78 is 0. The molecule has 1 aromatic carbocycles. The zero-order valence-corrected chi connectivity index (χ0v) is 11.3. The van der Waals surface area contributed by atoms with E-state index in [0.717, 1.165) is 18.4 Å². The van der Waals surface area contributed by atoms with Gasteiger partial charge >= 0.3 is 0 Å². The third kappa shape index (κ3) is 2.98. The van der Waals surface area contributed by atoms with Gasteiger partial charge in [0.15, 0.2) is 0 Å². The fraction of sp³-hybridized carbons (Fsp3) is 0.562. The Morgan fingerprint density at radius 2 is 1.95 bits per heavy atom. The third-order valence-corrected chi connectivity index (χ3v) is 4.33. The minimum absolute atomic E-state index is 0.264. The van der Waals surface area contributed by atoms with Gasteiger partial charge in [0, 0.05) is 6.04 Å². The van der Waals surface area contributed by atoms with E-state index in [9.17, 15) is 4.79 Å². The molecule has 2 aliphatic rings. The number of carbonyl (C=O) groups excluding carboxylic acids is 1. The lowest BCUT2D eigenvalue weighted by Crippen LogP contribution is -2.38. The van der Waals surface area contributed by atoms with Crippen LogP contribution in [-0.4, -0.2) is 11.9 Å². The molecule has 3 nitrogen and oxygen atoms in total. The maximum atomic E-state index is 11.7. The molecule has 2 saturated carbocycles. The first kappa shape index (κ1) is 12.7. The van der Waals surface area contributed by atoms with Crippen molar-refractivity contribution in [1.29, 1.82) is 0 Å². The molecule has 0 radical (unpaired) electrons. The molecule has 3 rings (SSSR count). The smallest absolute Gasteiger partial charge is 0.239 e. The molecule has 0 heterocycles. The molecule has 1 atom stereocenters. The van der Waals surface area contributed by atoms with E-state index in [2.05, 4.69) is 23.5 Å². The Labute approximate surface area is 114 Å². The number of rotatable bonds is 5. The van der Waals surface area contributed by atoms with E-state index in [1.165, 1.54) is 31.2 Å². The Morgan fingerprint density at radius 3 is 2.58 bits per heavy atom. The minimum atomic E-state index is -0.332. The van der Waals surface area contributed by atoms with E-state index < -0.39 is 0 Å². The van der Waals surface area contributed by atoms with Crippen LogP contribution in [0.2, 0.25) is 0 Å². The number of primary amides is 1. The summed E-state index contributed by atoms with van der Waals surface area (Å²) in [5.74, 6) is 0.444. The van der Waals surface area contributed by atoms with E-state index >= 15 is 0 Å². The van der Waals surface area contributed by atoms with Crippen LogP contribution in [0.1, 0.15) is 61.6 Å². The van der Waals surface area contributed by atoms with Crippen LogP contribution in [0.5, 0.6) is 0 Å². The van der Waals surface area contributed by atoms with Gasteiger partial charge in [-0.25, -0.2) is 0 Å². The molecule has 0 bridgehead atoms. The van der Waals surface area contributed by atoms with Crippen LogP contribution in [0.15, 0.2) is 24.3 Å². The normalized spacial score (nSPS) is 21.5. The van der Waals surface area contributed by atoms with E-state index in [0.29, 0.717) is 12.0 Å². The lowest BCUT2D eigenvalue weighted by Gasteiger charge is -2.21. The van der Waals surface area contributed by atoms with Crippen molar-refractivity contribution < 1.29 is 4.79 Å². The van der Waals surface area contributed by atoms with Gasteiger partial charge in [-0.15, -0.1) is 0 Å². The van der Waals surface area contributed by atoms with Crippen molar-refractivity contribution in [3.63, 3.8) is 0 Å². The van der Waals surface area contributed by atoms with Crippen LogP contribution in [0.3, 0.4) is 0 Å². The van der Waals surface area contributed by atoms with Gasteiger partial charge in [0.25, 0.3) is 0 Å². The summed E-state index contributed by atoms with van der Waals surface area (Å²) in [5.41, 5.74) is 7.98. The summed E-state index contributed by atoms with van der Waals surface area (Å²) >= 11 is 0.